The van der Waals surface area contributed by atoms with Crippen molar-refractivity contribution in [3.05, 3.63) is 24.3 Å². The lowest BCUT2D eigenvalue weighted by molar-refractivity contribution is -0.141. The Morgan fingerprint density at radius 2 is 1.84 bits per heavy atom. The van der Waals surface area contributed by atoms with Crippen molar-refractivity contribution in [1.29, 1.82) is 0 Å². The van der Waals surface area contributed by atoms with Crippen LogP contribution in [-0.4, -0.2) is 35.4 Å². The molecule has 19 heavy (non-hydrogen) atoms. The first-order chi connectivity index (χ1) is 8.93. The van der Waals surface area contributed by atoms with Crippen LogP contribution in [0.4, 0.5) is 0 Å². The fourth-order valence-corrected chi connectivity index (χ4v) is 2.18. The normalized spacial score (nSPS) is 13.4. The lowest BCUT2D eigenvalue weighted by Crippen LogP contribution is -2.41. The monoisotopic (exact) mass is 283 g/mol. The molecule has 0 aliphatic heterocycles. The van der Waals surface area contributed by atoms with Gasteiger partial charge in [0.1, 0.15) is 11.8 Å². The van der Waals surface area contributed by atoms with Gasteiger partial charge in [-0.3, -0.25) is 9.59 Å². The first-order valence-electron chi connectivity index (χ1n) is 5.78. The lowest BCUT2D eigenvalue weighted by Gasteiger charge is -2.14. The van der Waals surface area contributed by atoms with E-state index in [1.807, 2.05) is 24.3 Å². The minimum Gasteiger partial charge on any atom is -0.497 e. The smallest absolute Gasteiger partial charge is 0.325 e. The number of rotatable bonds is 6. The lowest BCUT2D eigenvalue weighted by atomic mass is 10.3. The van der Waals surface area contributed by atoms with Crippen LogP contribution < -0.4 is 10.1 Å². The predicted octanol–water partition coefficient (Wildman–Crippen LogP) is 1.77. The summed E-state index contributed by atoms with van der Waals surface area (Å²) in [6, 6.07) is 6.45. The molecule has 0 aromatic heterocycles. The van der Waals surface area contributed by atoms with Crippen molar-refractivity contribution >= 4 is 23.6 Å². The predicted molar refractivity (Wildman–Crippen MR) is 73.6 cm³/mol. The Kier molecular flexibility index (Phi) is 5.69. The number of carbonyl (C=O) groups excluding carboxylic acids is 1. The van der Waals surface area contributed by atoms with Crippen LogP contribution in [0.3, 0.4) is 0 Å². The summed E-state index contributed by atoms with van der Waals surface area (Å²) in [6.45, 7) is 3.17. The first kappa shape index (κ1) is 15.4. The van der Waals surface area contributed by atoms with Gasteiger partial charge >= 0.3 is 5.97 Å². The number of hydrogen-bond donors (Lipinski definition) is 2. The average molecular weight is 283 g/mol. The van der Waals surface area contributed by atoms with E-state index in [9.17, 15) is 9.59 Å². The van der Waals surface area contributed by atoms with Crippen molar-refractivity contribution in [2.45, 2.75) is 30.0 Å². The molecule has 0 spiro atoms. The topological polar surface area (TPSA) is 75.6 Å². The molecule has 1 unspecified atom stereocenters. The van der Waals surface area contributed by atoms with Gasteiger partial charge in [-0.25, -0.2) is 0 Å². The second kappa shape index (κ2) is 7.04. The standard InChI is InChI=1S/C13H17NO4S/c1-8(13(16)17)14-12(15)9(2)19-11-6-4-10(18-3)5-7-11/h4-9H,1-3H3,(H,14,15)(H,16,17)/t8-,9?/m0/s1. The molecular formula is C13H17NO4S. The van der Waals surface area contributed by atoms with Gasteiger partial charge in [-0.05, 0) is 38.1 Å². The Bertz CT molecular complexity index is 446. The molecular weight excluding hydrogens is 266 g/mol. The maximum Gasteiger partial charge on any atom is 0.325 e. The number of ether oxygens (including phenoxy) is 1. The van der Waals surface area contributed by atoms with Gasteiger partial charge in [0.05, 0.1) is 12.4 Å². The average Bonchev–Trinajstić information content (AvgIpc) is 2.39. The van der Waals surface area contributed by atoms with E-state index in [-0.39, 0.29) is 11.2 Å². The molecule has 2 atom stereocenters. The fraction of sp³-hybridized carbons (Fsp3) is 0.385. The summed E-state index contributed by atoms with van der Waals surface area (Å²) in [5, 5.41) is 10.8. The van der Waals surface area contributed by atoms with Crippen molar-refractivity contribution in [2.24, 2.45) is 0 Å². The molecule has 0 heterocycles. The van der Waals surface area contributed by atoms with E-state index in [1.165, 1.54) is 18.7 Å². The summed E-state index contributed by atoms with van der Waals surface area (Å²) in [5.74, 6) is -0.591. The molecule has 6 heteroatoms. The summed E-state index contributed by atoms with van der Waals surface area (Å²) >= 11 is 1.36. The molecule has 0 saturated heterocycles. The second-order valence-corrected chi connectivity index (χ2v) is 5.42. The molecule has 1 aromatic rings. The number of nitrogens with one attached hydrogen (secondary N) is 1. The zero-order valence-electron chi connectivity index (χ0n) is 11.0. The Labute approximate surface area is 116 Å². The van der Waals surface area contributed by atoms with Crippen molar-refractivity contribution in [3.8, 4) is 5.75 Å². The fourth-order valence-electron chi connectivity index (χ4n) is 1.30. The number of carboxylic acids is 1. The molecule has 5 nitrogen and oxygen atoms in total. The van der Waals surface area contributed by atoms with E-state index in [0.29, 0.717) is 0 Å². The van der Waals surface area contributed by atoms with E-state index in [2.05, 4.69) is 5.32 Å². The highest BCUT2D eigenvalue weighted by molar-refractivity contribution is 8.00. The molecule has 1 aromatic carbocycles. The number of carboxylic acid groups (broad SMARTS) is 1. The van der Waals surface area contributed by atoms with Crippen molar-refractivity contribution in [2.75, 3.05) is 7.11 Å². The number of hydrogen-bond acceptors (Lipinski definition) is 4. The highest BCUT2D eigenvalue weighted by Crippen LogP contribution is 2.25. The summed E-state index contributed by atoms with van der Waals surface area (Å²) in [7, 11) is 1.59. The number of aliphatic carboxylic acids is 1. The van der Waals surface area contributed by atoms with Crippen LogP contribution in [0.15, 0.2) is 29.2 Å². The number of amides is 1. The molecule has 0 bridgehead atoms. The quantitative estimate of drug-likeness (QED) is 0.778. The van der Waals surface area contributed by atoms with Crippen LogP contribution in [0, 0.1) is 0 Å². The Hall–Kier alpha value is -1.69. The molecule has 1 amide bonds. The van der Waals surface area contributed by atoms with Crippen LogP contribution in [0.5, 0.6) is 5.75 Å². The second-order valence-electron chi connectivity index (χ2n) is 4.00. The largest absolute Gasteiger partial charge is 0.497 e. The van der Waals surface area contributed by atoms with Crippen LogP contribution in [0.2, 0.25) is 0 Å². The van der Waals surface area contributed by atoms with Crippen molar-refractivity contribution < 1.29 is 19.4 Å². The van der Waals surface area contributed by atoms with Gasteiger partial charge in [0.2, 0.25) is 5.91 Å². The number of benzene rings is 1. The molecule has 0 aliphatic rings. The zero-order valence-corrected chi connectivity index (χ0v) is 11.9. The van der Waals surface area contributed by atoms with Gasteiger partial charge in [-0.1, -0.05) is 0 Å². The van der Waals surface area contributed by atoms with Gasteiger partial charge in [0, 0.05) is 4.90 Å². The minimum absolute atomic E-state index is 0.296. The highest BCUT2D eigenvalue weighted by Gasteiger charge is 2.19. The molecule has 1 rings (SSSR count). The van der Waals surface area contributed by atoms with E-state index in [1.54, 1.807) is 14.0 Å². The van der Waals surface area contributed by atoms with Crippen LogP contribution in [-0.2, 0) is 9.59 Å². The van der Waals surface area contributed by atoms with E-state index < -0.39 is 12.0 Å². The summed E-state index contributed by atoms with van der Waals surface area (Å²) < 4.78 is 5.05. The van der Waals surface area contributed by atoms with Crippen molar-refractivity contribution in [1.82, 2.24) is 5.32 Å². The van der Waals surface area contributed by atoms with Gasteiger partial charge < -0.3 is 15.2 Å². The van der Waals surface area contributed by atoms with Crippen LogP contribution in [0.25, 0.3) is 0 Å². The minimum atomic E-state index is -1.05. The Balaban J connectivity index is 2.55. The first-order valence-corrected chi connectivity index (χ1v) is 6.66. The zero-order chi connectivity index (χ0) is 14.4. The van der Waals surface area contributed by atoms with Crippen LogP contribution >= 0.6 is 11.8 Å². The van der Waals surface area contributed by atoms with Gasteiger partial charge in [0.15, 0.2) is 0 Å². The third kappa shape index (κ3) is 4.82. The summed E-state index contributed by atoms with van der Waals surface area (Å²) in [6.07, 6.45) is 0. The molecule has 0 aliphatic carbocycles. The van der Waals surface area contributed by atoms with E-state index in [0.717, 1.165) is 10.6 Å². The molecule has 0 saturated carbocycles. The third-order valence-electron chi connectivity index (χ3n) is 2.47. The van der Waals surface area contributed by atoms with Crippen molar-refractivity contribution in [3.63, 3.8) is 0 Å². The SMILES string of the molecule is COc1ccc(SC(C)C(=O)N[C@@H](C)C(=O)O)cc1. The molecule has 104 valence electrons. The van der Waals surface area contributed by atoms with E-state index >= 15 is 0 Å². The Morgan fingerprint density at radius 1 is 1.26 bits per heavy atom. The highest BCUT2D eigenvalue weighted by atomic mass is 32.2. The van der Waals surface area contributed by atoms with Gasteiger partial charge in [-0.2, -0.15) is 0 Å². The van der Waals surface area contributed by atoms with E-state index in [4.69, 9.17) is 9.84 Å². The third-order valence-corrected chi connectivity index (χ3v) is 3.58. The molecule has 2 N–H and O–H groups in total. The van der Waals surface area contributed by atoms with Gasteiger partial charge in [-0.15, -0.1) is 11.8 Å². The Morgan fingerprint density at radius 3 is 2.32 bits per heavy atom. The number of thioether (sulfide) groups is 1. The molecule has 0 radical (unpaired) electrons. The van der Waals surface area contributed by atoms with Crippen LogP contribution in [0.1, 0.15) is 13.8 Å². The summed E-state index contributed by atoms with van der Waals surface area (Å²) in [5.41, 5.74) is 0. The molecule has 0 fully saturated rings. The maximum absolute atomic E-state index is 11.8. The number of carbonyl (C=O) groups is 2. The maximum atomic E-state index is 11.8. The number of methoxy groups -OCH3 is 1. The van der Waals surface area contributed by atoms with Gasteiger partial charge in [0.25, 0.3) is 0 Å². The summed E-state index contributed by atoms with van der Waals surface area (Å²) in [4.78, 5) is 23.3.